The molecule has 2 fully saturated rings. The molecule has 0 amide bonds. The van der Waals surface area contributed by atoms with Crippen LogP contribution in [0.2, 0.25) is 0 Å². The van der Waals surface area contributed by atoms with E-state index in [2.05, 4.69) is 82.2 Å². The minimum Gasteiger partial charge on any atom is -0.344 e. The SMILES string of the molecule is Cc1cccc(C(CCNC2CCNCC2)c2cn(C3CCNCC3)c3ccccc23)c1.Cl. The van der Waals surface area contributed by atoms with Gasteiger partial charge >= 0.3 is 0 Å². The highest BCUT2D eigenvalue weighted by Gasteiger charge is 2.24. The number of benzene rings is 2. The zero-order valence-corrected chi connectivity index (χ0v) is 20.7. The maximum atomic E-state index is 3.87. The highest BCUT2D eigenvalue weighted by Crippen LogP contribution is 2.37. The highest BCUT2D eigenvalue weighted by atomic mass is 35.5. The molecule has 4 nitrogen and oxygen atoms in total. The first-order valence-corrected chi connectivity index (χ1v) is 12.6. The number of rotatable bonds is 7. The second-order valence-electron chi connectivity index (χ2n) is 9.72. The number of hydrogen-bond acceptors (Lipinski definition) is 3. The first-order chi connectivity index (χ1) is 15.8. The molecule has 2 aliphatic heterocycles. The monoisotopic (exact) mass is 466 g/mol. The first kappa shape index (κ1) is 24.3. The topological polar surface area (TPSA) is 41.0 Å². The predicted octanol–water partition coefficient (Wildman–Crippen LogP) is 5.16. The Morgan fingerprint density at radius 1 is 0.939 bits per heavy atom. The van der Waals surface area contributed by atoms with Crippen molar-refractivity contribution in [1.29, 1.82) is 0 Å². The first-order valence-electron chi connectivity index (χ1n) is 12.6. The number of fused-ring (bicyclic) bond motifs is 1. The molecule has 3 aromatic rings. The van der Waals surface area contributed by atoms with Crippen molar-refractivity contribution in [2.24, 2.45) is 0 Å². The van der Waals surface area contributed by atoms with Gasteiger partial charge in [0.1, 0.15) is 0 Å². The van der Waals surface area contributed by atoms with Gasteiger partial charge in [0.25, 0.3) is 0 Å². The molecule has 178 valence electrons. The van der Waals surface area contributed by atoms with Crippen molar-refractivity contribution in [2.45, 2.75) is 57.0 Å². The van der Waals surface area contributed by atoms with Gasteiger partial charge in [-0.25, -0.2) is 0 Å². The van der Waals surface area contributed by atoms with Crippen LogP contribution in [0, 0.1) is 6.92 Å². The number of piperidine rings is 2. The maximum Gasteiger partial charge on any atom is 0.0485 e. The van der Waals surface area contributed by atoms with E-state index in [1.54, 1.807) is 0 Å². The summed E-state index contributed by atoms with van der Waals surface area (Å²) in [6, 6.07) is 19.5. The molecule has 0 spiro atoms. The Morgan fingerprint density at radius 2 is 1.67 bits per heavy atom. The third-order valence-corrected chi connectivity index (χ3v) is 7.50. The van der Waals surface area contributed by atoms with Gasteiger partial charge in [-0.1, -0.05) is 48.0 Å². The molecule has 3 heterocycles. The molecule has 0 aliphatic carbocycles. The van der Waals surface area contributed by atoms with E-state index in [0.717, 1.165) is 39.1 Å². The number of hydrogen-bond donors (Lipinski definition) is 3. The standard InChI is InChI=1S/C28H38N4.ClH/c1-21-5-4-6-22(19-21)25(13-18-31-23-9-14-29-15-10-23)27-20-32(24-11-16-30-17-12-24)28-8-3-2-7-26(27)28;/h2-8,19-20,23-25,29-31H,9-18H2,1H3;1H. The van der Waals surface area contributed by atoms with Crippen LogP contribution in [0.5, 0.6) is 0 Å². The number of aromatic nitrogens is 1. The fourth-order valence-corrected chi connectivity index (χ4v) is 5.74. The van der Waals surface area contributed by atoms with Crippen LogP contribution in [-0.4, -0.2) is 43.3 Å². The largest absolute Gasteiger partial charge is 0.344 e. The summed E-state index contributed by atoms with van der Waals surface area (Å²) in [7, 11) is 0. The zero-order valence-electron chi connectivity index (χ0n) is 19.9. The lowest BCUT2D eigenvalue weighted by Gasteiger charge is -2.26. The summed E-state index contributed by atoms with van der Waals surface area (Å²) < 4.78 is 2.59. The molecule has 2 saturated heterocycles. The Labute approximate surface area is 204 Å². The Hall–Kier alpha value is -1.85. The lowest BCUT2D eigenvalue weighted by Crippen LogP contribution is -2.40. The molecule has 5 heteroatoms. The van der Waals surface area contributed by atoms with Gasteiger partial charge in [0.05, 0.1) is 0 Å². The highest BCUT2D eigenvalue weighted by molar-refractivity contribution is 5.85. The molecule has 1 aromatic heterocycles. The third-order valence-electron chi connectivity index (χ3n) is 7.50. The molecule has 5 rings (SSSR count). The minimum absolute atomic E-state index is 0. The van der Waals surface area contributed by atoms with E-state index in [1.807, 2.05) is 0 Å². The average Bonchev–Trinajstić information content (AvgIpc) is 3.22. The quantitative estimate of drug-likeness (QED) is 0.450. The van der Waals surface area contributed by atoms with E-state index >= 15 is 0 Å². The van der Waals surface area contributed by atoms with Crippen LogP contribution in [0.25, 0.3) is 10.9 Å². The molecule has 33 heavy (non-hydrogen) atoms. The lowest BCUT2D eigenvalue weighted by atomic mass is 9.87. The summed E-state index contributed by atoms with van der Waals surface area (Å²) in [5.41, 5.74) is 5.70. The Morgan fingerprint density at radius 3 is 2.42 bits per heavy atom. The van der Waals surface area contributed by atoms with Crippen molar-refractivity contribution in [2.75, 3.05) is 32.7 Å². The van der Waals surface area contributed by atoms with Crippen molar-refractivity contribution < 1.29 is 0 Å². The molecular weight excluding hydrogens is 428 g/mol. The second kappa shape index (κ2) is 11.5. The van der Waals surface area contributed by atoms with E-state index in [9.17, 15) is 0 Å². The molecule has 1 unspecified atom stereocenters. The summed E-state index contributed by atoms with van der Waals surface area (Å²) >= 11 is 0. The Balaban J connectivity index is 0.00000259. The van der Waals surface area contributed by atoms with Crippen LogP contribution in [0.3, 0.4) is 0 Å². The van der Waals surface area contributed by atoms with Gasteiger partial charge in [-0.05, 0) is 88.9 Å². The maximum absolute atomic E-state index is 3.87. The van der Waals surface area contributed by atoms with Crippen LogP contribution in [0.15, 0.2) is 54.7 Å². The van der Waals surface area contributed by atoms with Gasteiger partial charge < -0.3 is 20.5 Å². The van der Waals surface area contributed by atoms with Crippen molar-refractivity contribution in [1.82, 2.24) is 20.5 Å². The fraction of sp³-hybridized carbons (Fsp3) is 0.500. The molecule has 0 saturated carbocycles. The van der Waals surface area contributed by atoms with Gasteiger partial charge in [-0.3, -0.25) is 0 Å². The summed E-state index contributed by atoms with van der Waals surface area (Å²) in [6.07, 6.45) is 8.54. The van der Waals surface area contributed by atoms with Gasteiger partial charge in [0.15, 0.2) is 0 Å². The smallest absolute Gasteiger partial charge is 0.0485 e. The summed E-state index contributed by atoms with van der Waals surface area (Å²) in [5.74, 6) is 0.414. The number of aryl methyl sites for hydroxylation is 1. The van der Waals surface area contributed by atoms with E-state index in [4.69, 9.17) is 0 Å². The van der Waals surface area contributed by atoms with Gasteiger partial charge in [-0.15, -0.1) is 12.4 Å². The van der Waals surface area contributed by atoms with Gasteiger partial charge in [-0.2, -0.15) is 0 Å². The molecule has 0 radical (unpaired) electrons. The van der Waals surface area contributed by atoms with Crippen molar-refractivity contribution in [3.8, 4) is 0 Å². The van der Waals surface area contributed by atoms with Crippen LogP contribution >= 0.6 is 12.4 Å². The molecule has 3 N–H and O–H groups in total. The number of para-hydroxylation sites is 1. The van der Waals surface area contributed by atoms with Crippen LogP contribution in [0.1, 0.15) is 60.8 Å². The number of halogens is 1. The number of nitrogens with zero attached hydrogens (tertiary/aromatic N) is 1. The summed E-state index contributed by atoms with van der Waals surface area (Å²) in [5, 5.41) is 12.3. The minimum atomic E-state index is 0. The summed E-state index contributed by atoms with van der Waals surface area (Å²) in [4.78, 5) is 0. The molecule has 0 bridgehead atoms. The lowest BCUT2D eigenvalue weighted by molar-refractivity contribution is 0.374. The van der Waals surface area contributed by atoms with Crippen LogP contribution < -0.4 is 16.0 Å². The number of nitrogens with one attached hydrogen (secondary N) is 3. The van der Waals surface area contributed by atoms with Crippen molar-refractivity contribution >= 4 is 23.3 Å². The van der Waals surface area contributed by atoms with Gasteiger partial charge in [0, 0.05) is 35.1 Å². The molecule has 2 aromatic carbocycles. The van der Waals surface area contributed by atoms with E-state index < -0.39 is 0 Å². The second-order valence-corrected chi connectivity index (χ2v) is 9.72. The van der Waals surface area contributed by atoms with E-state index in [0.29, 0.717) is 18.0 Å². The molecular formula is C28H39ClN4. The Bertz CT molecular complexity index is 1020. The van der Waals surface area contributed by atoms with E-state index in [1.165, 1.54) is 53.3 Å². The van der Waals surface area contributed by atoms with Crippen LogP contribution in [0.4, 0.5) is 0 Å². The Kier molecular flexibility index (Phi) is 8.48. The molecule has 1 atom stereocenters. The fourth-order valence-electron chi connectivity index (χ4n) is 5.74. The van der Waals surface area contributed by atoms with Crippen molar-refractivity contribution in [3.63, 3.8) is 0 Å². The van der Waals surface area contributed by atoms with Crippen molar-refractivity contribution in [3.05, 3.63) is 71.4 Å². The third kappa shape index (κ3) is 5.63. The van der Waals surface area contributed by atoms with E-state index in [-0.39, 0.29) is 12.4 Å². The summed E-state index contributed by atoms with van der Waals surface area (Å²) in [6.45, 7) is 7.80. The normalized spacial score (nSPS) is 18.8. The average molecular weight is 467 g/mol. The molecule has 2 aliphatic rings. The van der Waals surface area contributed by atoms with Crippen LogP contribution in [-0.2, 0) is 0 Å². The predicted molar refractivity (Wildman–Crippen MR) is 142 cm³/mol. The van der Waals surface area contributed by atoms with Gasteiger partial charge in [0.2, 0.25) is 0 Å². The zero-order chi connectivity index (χ0) is 21.8.